The number of benzene rings is 1. The van der Waals surface area contributed by atoms with Crippen molar-refractivity contribution in [1.82, 2.24) is 0 Å². The van der Waals surface area contributed by atoms with E-state index in [1.165, 1.54) is 0 Å². The molecule has 1 aliphatic rings. The van der Waals surface area contributed by atoms with E-state index in [0.29, 0.717) is 24.4 Å². The molecule has 12 heteroatoms. The molecule has 0 saturated heterocycles. The highest BCUT2D eigenvalue weighted by Gasteiger charge is 2.31. The minimum Gasteiger partial charge on any atom is -0.461 e. The first-order valence-electron chi connectivity index (χ1n) is 10.6. The Bertz CT molecular complexity index is 912. The fourth-order valence-electron chi connectivity index (χ4n) is 4.35. The fourth-order valence-corrected chi connectivity index (χ4v) is 4.65. The van der Waals surface area contributed by atoms with E-state index < -0.39 is 34.4 Å². The minimum absolute atomic E-state index is 0.152. The summed E-state index contributed by atoms with van der Waals surface area (Å²) in [4.78, 5) is 26.1. The number of hydrogen-bond donors (Lipinski definition) is 1. The number of esters is 2. The van der Waals surface area contributed by atoms with E-state index in [1.807, 2.05) is 31.4 Å². The van der Waals surface area contributed by atoms with Gasteiger partial charge in [-0.25, -0.2) is 9.59 Å². The first-order chi connectivity index (χ1) is 14.1. The zero-order chi connectivity index (χ0) is 22.5. The molecule has 0 amide bonds. The number of ether oxygens (including phenoxy) is 2. The van der Waals surface area contributed by atoms with E-state index in [4.69, 9.17) is 14.0 Å². The van der Waals surface area contributed by atoms with Gasteiger partial charge in [-0.05, 0) is 31.2 Å². The van der Waals surface area contributed by atoms with Crippen molar-refractivity contribution in [3.63, 3.8) is 0 Å². The number of rotatable bonds is 9. The van der Waals surface area contributed by atoms with Gasteiger partial charge in [-0.1, -0.05) is 35.6 Å². The van der Waals surface area contributed by atoms with Gasteiger partial charge in [-0.2, -0.15) is 8.42 Å². The van der Waals surface area contributed by atoms with Crippen molar-refractivity contribution < 1.29 is 32.0 Å². The summed E-state index contributed by atoms with van der Waals surface area (Å²) in [6.45, 7) is -0.492. The van der Waals surface area contributed by atoms with E-state index in [-0.39, 0.29) is 17.2 Å². The normalized spacial score (nSPS) is 14.6. The van der Waals surface area contributed by atoms with Crippen molar-refractivity contribution in [3.8, 4) is 0 Å². The SMILES string of the molecule is BCc1c(B)c(C(=O)OC2CCCC2)c(C(=O)OCCS(=O)(=O)O)c(CB)c1CB. The van der Waals surface area contributed by atoms with Crippen LogP contribution in [-0.4, -0.2) is 74.8 Å². The van der Waals surface area contributed by atoms with Crippen molar-refractivity contribution in [1.29, 1.82) is 0 Å². The van der Waals surface area contributed by atoms with E-state index in [0.717, 1.165) is 42.4 Å². The summed E-state index contributed by atoms with van der Waals surface area (Å²) >= 11 is 0. The molecule has 1 saturated carbocycles. The van der Waals surface area contributed by atoms with Gasteiger partial charge in [-0.3, -0.25) is 4.55 Å². The first kappa shape index (κ1) is 24.6. The van der Waals surface area contributed by atoms with Crippen LogP contribution in [0.25, 0.3) is 0 Å². The molecule has 2 rings (SSSR count). The van der Waals surface area contributed by atoms with Gasteiger partial charge >= 0.3 is 11.9 Å². The fraction of sp³-hybridized carbons (Fsp3) is 0.556. The lowest BCUT2D eigenvalue weighted by Crippen LogP contribution is -2.32. The molecule has 1 aromatic carbocycles. The zero-order valence-electron chi connectivity index (χ0n) is 18.2. The summed E-state index contributed by atoms with van der Waals surface area (Å²) in [5.74, 6) is -2.00. The number of carbonyl (C=O) groups is 2. The minimum atomic E-state index is -4.26. The second-order valence-corrected chi connectivity index (χ2v) is 9.18. The van der Waals surface area contributed by atoms with Crippen LogP contribution in [0, 0.1) is 0 Å². The summed E-state index contributed by atoms with van der Waals surface area (Å²) in [7, 11) is 3.47. The first-order valence-corrected chi connectivity index (χ1v) is 12.3. The van der Waals surface area contributed by atoms with Gasteiger partial charge < -0.3 is 9.47 Å². The Morgan fingerprint density at radius 1 is 0.933 bits per heavy atom. The molecule has 1 aromatic rings. The van der Waals surface area contributed by atoms with Gasteiger partial charge in [0, 0.05) is 0 Å². The smallest absolute Gasteiger partial charge is 0.339 e. The lowest BCUT2D eigenvalue weighted by molar-refractivity contribution is 0.0308. The van der Waals surface area contributed by atoms with E-state index in [1.54, 1.807) is 0 Å². The standard InChI is InChI=1S/C18H28B4O7S/c19-7-11-12(8-20)14(17(23)28-5-6-30(25,26)27)15(16(22)13(11)9-21)18(24)29-10-3-1-2-4-10/h10H,1-9,19-22H2,(H,25,26,27). The number of carbonyl (C=O) groups excluding carboxylic acids is 2. The topological polar surface area (TPSA) is 107 Å². The van der Waals surface area contributed by atoms with Crippen LogP contribution in [0.1, 0.15) is 63.1 Å². The number of hydrogen-bond acceptors (Lipinski definition) is 6. The molecule has 160 valence electrons. The van der Waals surface area contributed by atoms with Crippen LogP contribution in [-0.2, 0) is 38.6 Å². The molecule has 0 atom stereocenters. The van der Waals surface area contributed by atoms with Crippen molar-refractivity contribution in [2.24, 2.45) is 0 Å². The Hall–Kier alpha value is -1.67. The lowest BCUT2D eigenvalue weighted by Gasteiger charge is -2.24. The van der Waals surface area contributed by atoms with Gasteiger partial charge in [0.05, 0.1) is 11.1 Å². The predicted molar refractivity (Wildman–Crippen MR) is 126 cm³/mol. The molecule has 0 aromatic heterocycles. The van der Waals surface area contributed by atoms with E-state index >= 15 is 0 Å². The third-order valence-electron chi connectivity index (χ3n) is 5.73. The van der Waals surface area contributed by atoms with Gasteiger partial charge in [0.1, 0.15) is 49.8 Å². The van der Waals surface area contributed by atoms with Crippen molar-refractivity contribution in [2.45, 2.75) is 50.7 Å². The highest BCUT2D eigenvalue weighted by atomic mass is 32.2. The quantitative estimate of drug-likeness (QED) is 0.261. The monoisotopic (exact) mass is 432 g/mol. The zero-order valence-corrected chi connectivity index (χ0v) is 19.1. The average Bonchev–Trinajstić information content (AvgIpc) is 3.18. The maximum absolute atomic E-state index is 13.1. The van der Waals surface area contributed by atoms with E-state index in [9.17, 15) is 18.0 Å². The second-order valence-electron chi connectivity index (χ2n) is 7.61. The molecule has 30 heavy (non-hydrogen) atoms. The summed E-state index contributed by atoms with van der Waals surface area (Å²) in [6, 6.07) is 0. The second kappa shape index (κ2) is 10.6. The van der Waals surface area contributed by atoms with Crippen LogP contribution in [0.3, 0.4) is 0 Å². The maximum Gasteiger partial charge on any atom is 0.339 e. The van der Waals surface area contributed by atoms with Gasteiger partial charge in [-0.15, -0.1) is 0 Å². The maximum atomic E-state index is 13.1. The molecule has 0 radical (unpaired) electrons. The summed E-state index contributed by atoms with van der Waals surface area (Å²) in [5.41, 5.74) is 3.84. The van der Waals surface area contributed by atoms with Gasteiger partial charge in [0.2, 0.25) is 0 Å². The Balaban J connectivity index is 2.55. The summed E-state index contributed by atoms with van der Waals surface area (Å²) < 4.78 is 41.7. The predicted octanol–water partition coefficient (Wildman–Crippen LogP) is -2.51. The van der Waals surface area contributed by atoms with Crippen molar-refractivity contribution in [2.75, 3.05) is 12.4 Å². The van der Waals surface area contributed by atoms with Crippen LogP contribution in [0.4, 0.5) is 0 Å². The summed E-state index contributed by atoms with van der Waals surface area (Å²) in [5, 5.41) is 0. The molecule has 0 bridgehead atoms. The average molecular weight is 432 g/mol. The van der Waals surface area contributed by atoms with Crippen LogP contribution in [0.5, 0.6) is 0 Å². The van der Waals surface area contributed by atoms with Crippen LogP contribution in [0.2, 0.25) is 0 Å². The molecule has 7 nitrogen and oxygen atoms in total. The third-order valence-corrected chi connectivity index (χ3v) is 6.41. The van der Waals surface area contributed by atoms with Gasteiger partial charge in [0.25, 0.3) is 10.1 Å². The highest BCUT2D eigenvalue weighted by molar-refractivity contribution is 7.85. The highest BCUT2D eigenvalue weighted by Crippen LogP contribution is 2.27. The van der Waals surface area contributed by atoms with Crippen molar-refractivity contribution >= 4 is 58.9 Å². The molecule has 0 heterocycles. The molecule has 1 fully saturated rings. The van der Waals surface area contributed by atoms with E-state index in [2.05, 4.69) is 0 Å². The molecule has 0 spiro atoms. The summed E-state index contributed by atoms with van der Waals surface area (Å²) in [6.07, 6.45) is 5.41. The Labute approximate surface area is 182 Å². The van der Waals surface area contributed by atoms with Gasteiger partial charge in [0.15, 0.2) is 0 Å². The molecule has 1 N–H and O–H groups in total. The molecule has 1 aliphatic carbocycles. The van der Waals surface area contributed by atoms with Crippen LogP contribution in [0.15, 0.2) is 0 Å². The van der Waals surface area contributed by atoms with Crippen molar-refractivity contribution in [3.05, 3.63) is 27.8 Å². The molecule has 0 aliphatic heterocycles. The van der Waals surface area contributed by atoms with Crippen LogP contribution >= 0.6 is 0 Å². The lowest BCUT2D eigenvalue weighted by atomic mass is 9.70. The largest absolute Gasteiger partial charge is 0.461 e. The Kier molecular flexibility index (Phi) is 8.67. The van der Waals surface area contributed by atoms with Crippen LogP contribution < -0.4 is 5.46 Å². The molecule has 0 unspecified atom stereocenters. The third kappa shape index (κ3) is 5.72. The molecular weight excluding hydrogens is 404 g/mol. The Morgan fingerprint density at radius 3 is 2.00 bits per heavy atom. The molecular formula is C18H28B4O7S. The Morgan fingerprint density at radius 2 is 1.50 bits per heavy atom.